The van der Waals surface area contributed by atoms with Crippen LogP contribution in [0.3, 0.4) is 0 Å². The second kappa shape index (κ2) is 10.1. The van der Waals surface area contributed by atoms with Gasteiger partial charge in [0, 0.05) is 24.9 Å². The van der Waals surface area contributed by atoms with Crippen molar-refractivity contribution in [3.63, 3.8) is 0 Å². The minimum atomic E-state index is -3.60. The van der Waals surface area contributed by atoms with Crippen molar-refractivity contribution in [2.45, 2.75) is 50.3 Å². The third kappa shape index (κ3) is 5.12. The van der Waals surface area contributed by atoms with E-state index in [0.29, 0.717) is 37.6 Å². The van der Waals surface area contributed by atoms with Crippen LogP contribution in [0.5, 0.6) is 0 Å². The number of hydrogen-bond donors (Lipinski definition) is 1. The van der Waals surface area contributed by atoms with E-state index >= 15 is 0 Å². The van der Waals surface area contributed by atoms with Crippen LogP contribution in [0.2, 0.25) is 0 Å². The maximum Gasteiger partial charge on any atom is 0.353 e. The highest BCUT2D eigenvalue weighted by atomic mass is 32.2. The highest BCUT2D eigenvalue weighted by Crippen LogP contribution is 2.37. The molecule has 2 aromatic heterocycles. The van der Waals surface area contributed by atoms with Gasteiger partial charge in [-0.3, -0.25) is 10.1 Å². The first-order chi connectivity index (χ1) is 17.1. The molecule has 1 fully saturated rings. The molecule has 1 aromatic carbocycles. The van der Waals surface area contributed by atoms with Crippen molar-refractivity contribution in [3.05, 3.63) is 52.2 Å². The molecule has 0 aliphatic carbocycles. The lowest BCUT2D eigenvalue weighted by Gasteiger charge is -2.30. The number of nitro groups is 1. The van der Waals surface area contributed by atoms with Gasteiger partial charge >= 0.3 is 5.69 Å². The number of sulfone groups is 1. The number of halogens is 1. The Morgan fingerprint density at radius 3 is 2.58 bits per heavy atom. The zero-order valence-corrected chi connectivity index (χ0v) is 20.8. The molecule has 1 saturated heterocycles. The molecule has 14 heteroatoms. The second-order valence-corrected chi connectivity index (χ2v) is 11.0. The van der Waals surface area contributed by atoms with E-state index in [1.807, 2.05) is 13.8 Å². The molecule has 0 saturated carbocycles. The number of rotatable bonds is 8. The molecular weight excluding hydrogens is 493 g/mol. The van der Waals surface area contributed by atoms with Gasteiger partial charge in [-0.2, -0.15) is 4.98 Å². The van der Waals surface area contributed by atoms with Gasteiger partial charge in [0.1, 0.15) is 12.1 Å². The predicted molar refractivity (Wildman–Crippen MR) is 129 cm³/mol. The summed E-state index contributed by atoms with van der Waals surface area (Å²) >= 11 is 0. The summed E-state index contributed by atoms with van der Waals surface area (Å²) in [6.45, 7) is 6.33. The molecule has 3 heterocycles. The molecule has 0 bridgehead atoms. The monoisotopic (exact) mass is 519 g/mol. The van der Waals surface area contributed by atoms with Crippen LogP contribution in [0, 0.1) is 15.9 Å². The fourth-order valence-corrected chi connectivity index (χ4v) is 4.82. The van der Waals surface area contributed by atoms with Crippen molar-refractivity contribution in [1.29, 1.82) is 0 Å². The number of aromatic nitrogens is 4. The first kappa shape index (κ1) is 25.4. The minimum absolute atomic E-state index is 0.0340. The predicted octanol–water partition coefficient (Wildman–Crippen LogP) is 3.95. The van der Waals surface area contributed by atoms with E-state index in [4.69, 9.17) is 4.52 Å². The van der Waals surface area contributed by atoms with Gasteiger partial charge in [0.05, 0.1) is 21.3 Å². The van der Waals surface area contributed by atoms with E-state index in [-0.39, 0.29) is 39.8 Å². The van der Waals surface area contributed by atoms with Crippen LogP contribution in [0.25, 0.3) is 0 Å². The third-order valence-corrected chi connectivity index (χ3v) is 7.77. The van der Waals surface area contributed by atoms with E-state index in [0.717, 1.165) is 12.4 Å². The number of piperidine rings is 1. The largest absolute Gasteiger partial charge is 0.353 e. The van der Waals surface area contributed by atoms with Gasteiger partial charge in [0.2, 0.25) is 17.5 Å². The van der Waals surface area contributed by atoms with Crippen molar-refractivity contribution >= 4 is 32.8 Å². The van der Waals surface area contributed by atoms with Crippen LogP contribution in [0.4, 0.5) is 27.4 Å². The molecule has 192 valence electrons. The molecule has 36 heavy (non-hydrogen) atoms. The number of hydrogen-bond acceptors (Lipinski definition) is 11. The van der Waals surface area contributed by atoms with Crippen LogP contribution < -0.4 is 10.2 Å². The Balaban J connectivity index is 1.56. The second-order valence-electron chi connectivity index (χ2n) is 8.73. The number of benzene rings is 1. The van der Waals surface area contributed by atoms with Crippen molar-refractivity contribution in [1.82, 2.24) is 20.1 Å². The van der Waals surface area contributed by atoms with E-state index < -0.39 is 26.3 Å². The van der Waals surface area contributed by atoms with Crippen LogP contribution >= 0.6 is 0 Å². The van der Waals surface area contributed by atoms with Crippen LogP contribution in [-0.2, 0) is 9.84 Å². The SMILES string of the molecule is CCS(=O)(=O)c1ccc(Nc2ncnc(N3CCC(c4nc(C(C)C)no4)CC3)c2[N+](=O)[O-])c(F)c1. The first-order valence-corrected chi connectivity index (χ1v) is 13.1. The van der Waals surface area contributed by atoms with E-state index in [9.17, 15) is 22.9 Å². The molecule has 3 aromatic rings. The Morgan fingerprint density at radius 2 is 2.00 bits per heavy atom. The first-order valence-electron chi connectivity index (χ1n) is 11.5. The maximum atomic E-state index is 14.7. The molecule has 0 amide bonds. The third-order valence-electron chi connectivity index (χ3n) is 6.04. The Morgan fingerprint density at radius 1 is 1.28 bits per heavy atom. The molecule has 0 radical (unpaired) electrons. The van der Waals surface area contributed by atoms with Crippen molar-refractivity contribution in [3.8, 4) is 0 Å². The average Bonchev–Trinajstić information content (AvgIpc) is 3.36. The summed E-state index contributed by atoms with van der Waals surface area (Å²) < 4.78 is 44.1. The summed E-state index contributed by atoms with van der Waals surface area (Å²) in [6, 6.07) is 3.33. The molecule has 1 aliphatic rings. The summed E-state index contributed by atoms with van der Waals surface area (Å²) in [5.74, 6) is 0.234. The van der Waals surface area contributed by atoms with Gasteiger partial charge in [0.15, 0.2) is 15.7 Å². The standard InChI is InChI=1S/C22H26FN7O5S/c1-4-36(33,34)15-5-6-17(16(23)11-15)26-20-18(30(31)32)21(25-12-24-20)29-9-7-14(8-10-29)22-27-19(13(2)3)28-35-22/h5-6,11-14H,4,7-10H2,1-3H3,(H,24,25,26). The number of nitrogens with zero attached hydrogens (tertiary/aromatic N) is 6. The molecular formula is C22H26FN7O5S. The molecule has 0 atom stereocenters. The van der Waals surface area contributed by atoms with Gasteiger partial charge in [-0.15, -0.1) is 0 Å². The lowest BCUT2D eigenvalue weighted by molar-refractivity contribution is -0.383. The van der Waals surface area contributed by atoms with E-state index in [1.165, 1.54) is 19.1 Å². The Kier molecular flexibility index (Phi) is 7.15. The topological polar surface area (TPSA) is 157 Å². The van der Waals surface area contributed by atoms with Crippen LogP contribution in [0.1, 0.15) is 57.2 Å². The zero-order valence-electron chi connectivity index (χ0n) is 20.0. The Labute approximate surface area is 207 Å². The van der Waals surface area contributed by atoms with Crippen LogP contribution in [0.15, 0.2) is 33.9 Å². The summed E-state index contributed by atoms with van der Waals surface area (Å²) in [4.78, 5) is 25.5. The van der Waals surface area contributed by atoms with Gasteiger partial charge in [-0.05, 0) is 31.0 Å². The molecule has 1 N–H and O–H groups in total. The Bertz CT molecular complexity index is 1370. The smallest absolute Gasteiger partial charge is 0.351 e. The molecule has 12 nitrogen and oxygen atoms in total. The fraction of sp³-hybridized carbons (Fsp3) is 0.455. The van der Waals surface area contributed by atoms with Crippen molar-refractivity contribution < 1.29 is 22.3 Å². The number of anilines is 3. The van der Waals surface area contributed by atoms with E-state index in [2.05, 4.69) is 25.4 Å². The van der Waals surface area contributed by atoms with Crippen molar-refractivity contribution in [2.75, 3.05) is 29.1 Å². The van der Waals surface area contributed by atoms with Gasteiger partial charge < -0.3 is 14.7 Å². The van der Waals surface area contributed by atoms with E-state index in [1.54, 1.807) is 4.90 Å². The summed E-state index contributed by atoms with van der Waals surface area (Å²) in [6.07, 6.45) is 2.43. The highest BCUT2D eigenvalue weighted by molar-refractivity contribution is 7.91. The Hall–Kier alpha value is -3.68. The quantitative estimate of drug-likeness (QED) is 0.339. The van der Waals surface area contributed by atoms with Crippen molar-refractivity contribution in [2.24, 2.45) is 0 Å². The summed E-state index contributed by atoms with van der Waals surface area (Å²) in [5.41, 5.74) is -0.547. The molecule has 0 unspecified atom stereocenters. The summed E-state index contributed by atoms with van der Waals surface area (Å²) in [7, 11) is -3.60. The maximum absolute atomic E-state index is 14.7. The summed E-state index contributed by atoms with van der Waals surface area (Å²) in [5, 5.41) is 18.6. The van der Waals surface area contributed by atoms with Crippen LogP contribution in [-0.4, -0.2) is 52.3 Å². The van der Waals surface area contributed by atoms with Gasteiger partial charge in [-0.25, -0.2) is 22.8 Å². The molecule has 0 spiro atoms. The molecule has 4 rings (SSSR count). The number of nitrogens with one attached hydrogen (secondary N) is 1. The lowest BCUT2D eigenvalue weighted by Crippen LogP contribution is -2.34. The minimum Gasteiger partial charge on any atom is -0.351 e. The van der Waals surface area contributed by atoms with Gasteiger partial charge in [-0.1, -0.05) is 25.9 Å². The average molecular weight is 520 g/mol. The van der Waals surface area contributed by atoms with Gasteiger partial charge in [0.25, 0.3) is 0 Å². The molecule has 1 aliphatic heterocycles. The zero-order chi connectivity index (χ0) is 26.0. The fourth-order valence-electron chi connectivity index (χ4n) is 3.93. The lowest BCUT2D eigenvalue weighted by atomic mass is 9.96. The normalized spacial score (nSPS) is 14.9. The highest BCUT2D eigenvalue weighted by Gasteiger charge is 2.32.